The summed E-state index contributed by atoms with van der Waals surface area (Å²) >= 11 is 0. The van der Waals surface area contributed by atoms with E-state index in [1.54, 1.807) is 11.9 Å². The SMILES string of the molecule is CCN1C(=O)N[C@@H](Cn2cc(F)c(=O)[nH]c2=O)C1=O. The number of H-pyrrole nitrogens is 1. The smallest absolute Gasteiger partial charge is 0.324 e. The number of aromatic amines is 1. The maximum atomic E-state index is 13.1. The number of aromatic nitrogens is 2. The Balaban J connectivity index is 2.26. The van der Waals surface area contributed by atoms with Crippen molar-refractivity contribution < 1.29 is 14.0 Å². The summed E-state index contributed by atoms with van der Waals surface area (Å²) in [5.41, 5.74) is -1.97. The van der Waals surface area contributed by atoms with Crippen molar-refractivity contribution >= 4 is 11.9 Å². The van der Waals surface area contributed by atoms with Crippen LogP contribution in [0.15, 0.2) is 15.8 Å². The number of urea groups is 1. The summed E-state index contributed by atoms with van der Waals surface area (Å²) in [6, 6.07) is -1.51. The standard InChI is InChI=1S/C10H11FN4O4/c1-2-15-8(17)6(12-10(15)19)4-14-3-5(11)7(16)13-9(14)18/h3,6H,2,4H2,1H3,(H,12,19)(H,13,16,18)/t6-/m0/s1. The molecule has 0 radical (unpaired) electrons. The molecule has 8 nitrogen and oxygen atoms in total. The van der Waals surface area contributed by atoms with E-state index >= 15 is 0 Å². The first kappa shape index (κ1) is 13.0. The Morgan fingerprint density at radius 1 is 1.32 bits per heavy atom. The fraction of sp³-hybridized carbons (Fsp3) is 0.400. The fourth-order valence-electron chi connectivity index (χ4n) is 1.82. The second-order valence-corrected chi connectivity index (χ2v) is 3.97. The molecule has 102 valence electrons. The first-order valence-corrected chi connectivity index (χ1v) is 5.55. The van der Waals surface area contributed by atoms with Gasteiger partial charge in [0.2, 0.25) is 5.82 Å². The predicted molar refractivity (Wildman–Crippen MR) is 61.0 cm³/mol. The Kier molecular flexibility index (Phi) is 3.19. The monoisotopic (exact) mass is 270 g/mol. The van der Waals surface area contributed by atoms with Crippen LogP contribution in [0, 0.1) is 5.82 Å². The quantitative estimate of drug-likeness (QED) is 0.660. The molecule has 0 unspecified atom stereocenters. The van der Waals surface area contributed by atoms with Gasteiger partial charge in [0, 0.05) is 6.54 Å². The molecule has 0 aliphatic carbocycles. The molecule has 1 atom stereocenters. The minimum absolute atomic E-state index is 0.204. The highest BCUT2D eigenvalue weighted by Gasteiger charge is 2.37. The zero-order valence-corrected chi connectivity index (χ0v) is 9.97. The maximum Gasteiger partial charge on any atom is 0.328 e. The number of nitrogens with one attached hydrogen (secondary N) is 2. The zero-order chi connectivity index (χ0) is 14.2. The minimum Gasteiger partial charge on any atom is -0.324 e. The van der Waals surface area contributed by atoms with Crippen LogP contribution >= 0.6 is 0 Å². The second-order valence-electron chi connectivity index (χ2n) is 3.97. The highest BCUT2D eigenvalue weighted by atomic mass is 19.1. The number of halogens is 1. The Morgan fingerprint density at radius 3 is 2.58 bits per heavy atom. The molecule has 2 heterocycles. The Labute approximate surface area is 105 Å². The summed E-state index contributed by atoms with van der Waals surface area (Å²) < 4.78 is 13.9. The summed E-state index contributed by atoms with van der Waals surface area (Å²) in [6.45, 7) is 1.59. The predicted octanol–water partition coefficient (Wildman–Crippen LogP) is -1.38. The Morgan fingerprint density at radius 2 is 2.00 bits per heavy atom. The molecule has 1 aromatic rings. The molecule has 0 bridgehead atoms. The van der Waals surface area contributed by atoms with Crippen molar-refractivity contribution in [2.75, 3.05) is 6.54 Å². The lowest BCUT2D eigenvalue weighted by molar-refractivity contribution is -0.127. The van der Waals surface area contributed by atoms with Gasteiger partial charge in [-0.1, -0.05) is 0 Å². The largest absolute Gasteiger partial charge is 0.328 e. The first-order chi connectivity index (χ1) is 8.93. The van der Waals surface area contributed by atoms with Gasteiger partial charge < -0.3 is 5.32 Å². The summed E-state index contributed by atoms with van der Waals surface area (Å²) in [5.74, 6) is -1.63. The van der Waals surface area contributed by atoms with Crippen molar-refractivity contribution in [2.45, 2.75) is 19.5 Å². The first-order valence-electron chi connectivity index (χ1n) is 5.55. The molecule has 0 saturated carbocycles. The molecule has 19 heavy (non-hydrogen) atoms. The van der Waals surface area contributed by atoms with Crippen molar-refractivity contribution in [3.05, 3.63) is 32.9 Å². The second kappa shape index (κ2) is 4.67. The van der Waals surface area contributed by atoms with E-state index in [1.165, 1.54) is 0 Å². The van der Waals surface area contributed by atoms with Gasteiger partial charge in [0.05, 0.1) is 12.7 Å². The number of hydrogen-bond donors (Lipinski definition) is 2. The van der Waals surface area contributed by atoms with E-state index in [4.69, 9.17) is 0 Å². The van der Waals surface area contributed by atoms with Crippen LogP contribution in [-0.2, 0) is 11.3 Å². The van der Waals surface area contributed by atoms with Crippen LogP contribution in [0.2, 0.25) is 0 Å². The van der Waals surface area contributed by atoms with Gasteiger partial charge in [-0.25, -0.2) is 9.59 Å². The van der Waals surface area contributed by atoms with E-state index in [0.717, 1.165) is 9.47 Å². The molecular weight excluding hydrogens is 259 g/mol. The van der Waals surface area contributed by atoms with Crippen LogP contribution in [0.3, 0.4) is 0 Å². The third-order valence-electron chi connectivity index (χ3n) is 2.77. The number of rotatable bonds is 3. The number of likely N-dealkylation sites (N-methyl/N-ethyl adjacent to an activating group) is 1. The summed E-state index contributed by atoms with van der Waals surface area (Å²) in [4.78, 5) is 48.2. The van der Waals surface area contributed by atoms with E-state index < -0.39 is 35.0 Å². The van der Waals surface area contributed by atoms with Gasteiger partial charge in [0.25, 0.3) is 11.5 Å². The van der Waals surface area contributed by atoms with Gasteiger partial charge >= 0.3 is 11.7 Å². The summed E-state index contributed by atoms with van der Waals surface area (Å²) in [6.07, 6.45) is 0.704. The molecule has 1 aromatic heterocycles. The topological polar surface area (TPSA) is 104 Å². The normalized spacial score (nSPS) is 18.8. The van der Waals surface area contributed by atoms with Crippen LogP contribution in [0.25, 0.3) is 0 Å². The molecule has 2 N–H and O–H groups in total. The lowest BCUT2D eigenvalue weighted by Crippen LogP contribution is -2.40. The average molecular weight is 270 g/mol. The Hall–Kier alpha value is -2.45. The molecule has 0 aromatic carbocycles. The number of carbonyl (C=O) groups excluding carboxylic acids is 2. The van der Waals surface area contributed by atoms with Crippen molar-refractivity contribution in [3.8, 4) is 0 Å². The maximum absolute atomic E-state index is 13.1. The van der Waals surface area contributed by atoms with Crippen LogP contribution in [-0.4, -0.2) is 39.0 Å². The van der Waals surface area contributed by atoms with Gasteiger partial charge in [-0.3, -0.25) is 24.0 Å². The molecule has 1 fully saturated rings. The van der Waals surface area contributed by atoms with Crippen molar-refractivity contribution in [2.24, 2.45) is 0 Å². The fourth-order valence-corrected chi connectivity index (χ4v) is 1.82. The van der Waals surface area contributed by atoms with Crippen molar-refractivity contribution in [1.82, 2.24) is 19.8 Å². The van der Waals surface area contributed by atoms with Gasteiger partial charge in [0.15, 0.2) is 0 Å². The zero-order valence-electron chi connectivity index (χ0n) is 9.97. The van der Waals surface area contributed by atoms with Gasteiger partial charge in [-0.05, 0) is 6.92 Å². The van der Waals surface area contributed by atoms with E-state index in [1.807, 2.05) is 0 Å². The minimum atomic E-state index is -1.14. The van der Waals surface area contributed by atoms with E-state index in [0.29, 0.717) is 6.20 Å². The average Bonchev–Trinajstić information content (AvgIpc) is 2.61. The number of hydrogen-bond acceptors (Lipinski definition) is 4. The van der Waals surface area contributed by atoms with Gasteiger partial charge in [-0.15, -0.1) is 0 Å². The van der Waals surface area contributed by atoms with Crippen LogP contribution in [0.1, 0.15) is 6.92 Å². The van der Waals surface area contributed by atoms with Crippen molar-refractivity contribution in [3.63, 3.8) is 0 Å². The van der Waals surface area contributed by atoms with Crippen LogP contribution in [0.4, 0.5) is 9.18 Å². The van der Waals surface area contributed by atoms with E-state index in [9.17, 15) is 23.6 Å². The number of carbonyl (C=O) groups is 2. The molecule has 0 spiro atoms. The molecule has 1 aliphatic heterocycles. The third kappa shape index (κ3) is 2.26. The highest BCUT2D eigenvalue weighted by molar-refractivity contribution is 6.04. The number of imide groups is 1. The van der Waals surface area contributed by atoms with Gasteiger partial charge in [-0.2, -0.15) is 4.39 Å². The number of amides is 3. The summed E-state index contributed by atoms with van der Waals surface area (Å²) in [5, 5.41) is 2.38. The van der Waals surface area contributed by atoms with Gasteiger partial charge in [0.1, 0.15) is 6.04 Å². The molecule has 3 amide bonds. The molecular formula is C10H11FN4O4. The third-order valence-corrected chi connectivity index (χ3v) is 2.77. The lowest BCUT2D eigenvalue weighted by atomic mass is 10.3. The lowest BCUT2D eigenvalue weighted by Gasteiger charge is -2.11. The molecule has 1 saturated heterocycles. The molecule has 9 heteroatoms. The van der Waals surface area contributed by atoms with Crippen LogP contribution in [0.5, 0.6) is 0 Å². The summed E-state index contributed by atoms with van der Waals surface area (Å²) in [7, 11) is 0. The molecule has 1 aliphatic rings. The van der Waals surface area contributed by atoms with Crippen molar-refractivity contribution in [1.29, 1.82) is 0 Å². The van der Waals surface area contributed by atoms with Crippen LogP contribution < -0.4 is 16.6 Å². The number of nitrogens with zero attached hydrogens (tertiary/aromatic N) is 2. The van der Waals surface area contributed by atoms with E-state index in [-0.39, 0.29) is 13.1 Å². The van der Waals surface area contributed by atoms with E-state index in [2.05, 4.69) is 5.32 Å². The Bertz CT molecular complexity index is 650. The highest BCUT2D eigenvalue weighted by Crippen LogP contribution is 2.07. The molecule has 2 rings (SSSR count).